The molecule has 1 saturated carbocycles. The maximum absolute atomic E-state index is 13.6. The normalized spacial score (nSPS) is 17.6. The maximum Gasteiger partial charge on any atom is 0.255 e. The van der Waals surface area contributed by atoms with Crippen LogP contribution in [0.15, 0.2) is 55.2 Å². The molecule has 0 unspecified atom stereocenters. The monoisotopic (exact) mass is 684 g/mol. The Bertz CT molecular complexity index is 1450. The van der Waals surface area contributed by atoms with Gasteiger partial charge in [-0.25, -0.2) is 9.97 Å². The van der Waals surface area contributed by atoms with E-state index >= 15 is 0 Å². The van der Waals surface area contributed by atoms with Crippen LogP contribution >= 0.6 is 22.6 Å². The van der Waals surface area contributed by atoms with Gasteiger partial charge in [0.05, 0.1) is 21.3 Å². The Kier molecular flexibility index (Phi) is 9.50. The summed E-state index contributed by atoms with van der Waals surface area (Å²) in [7, 11) is -1.16. The minimum absolute atomic E-state index is 0.126. The summed E-state index contributed by atoms with van der Waals surface area (Å²) >= 11 is 2.35. The van der Waals surface area contributed by atoms with Gasteiger partial charge in [0.1, 0.15) is 12.4 Å². The topological polar surface area (TPSA) is 86.0 Å². The lowest BCUT2D eigenvalue weighted by molar-refractivity contribution is 0.0883. The van der Waals surface area contributed by atoms with Gasteiger partial charge >= 0.3 is 0 Å². The van der Waals surface area contributed by atoms with E-state index in [1.165, 1.54) is 12.8 Å². The fraction of sp³-hybridized carbons (Fsp3) is 0.452. The van der Waals surface area contributed by atoms with Crippen LogP contribution in [0.4, 0.5) is 5.69 Å². The van der Waals surface area contributed by atoms with Crippen LogP contribution < -0.4 is 10.6 Å². The number of benzene rings is 1. The SMILES string of the molecule is CC1CCC(Nc2c(C(=O)NCc3ccc(-n4ccnc4)cc3)cnc3c2cc(I)n3COCC[Si](C)(C)C)CC1. The Labute approximate surface area is 257 Å². The van der Waals surface area contributed by atoms with Crippen molar-refractivity contribution in [1.29, 1.82) is 0 Å². The lowest BCUT2D eigenvalue weighted by Crippen LogP contribution is -2.29. The van der Waals surface area contributed by atoms with Crippen molar-refractivity contribution < 1.29 is 9.53 Å². The number of amides is 1. The zero-order valence-corrected chi connectivity index (χ0v) is 27.6. The van der Waals surface area contributed by atoms with Gasteiger partial charge in [-0.05, 0) is 84.0 Å². The van der Waals surface area contributed by atoms with E-state index < -0.39 is 8.07 Å². The first-order valence-electron chi connectivity index (χ1n) is 14.6. The first kappa shape index (κ1) is 29.8. The molecule has 0 bridgehead atoms. The average Bonchev–Trinajstić information content (AvgIpc) is 3.59. The molecule has 0 aliphatic heterocycles. The van der Waals surface area contributed by atoms with Crippen LogP contribution in [0.5, 0.6) is 0 Å². The Morgan fingerprint density at radius 3 is 2.59 bits per heavy atom. The van der Waals surface area contributed by atoms with Gasteiger partial charge in [0.2, 0.25) is 0 Å². The third kappa shape index (κ3) is 7.58. The zero-order valence-electron chi connectivity index (χ0n) is 24.5. The molecule has 218 valence electrons. The fourth-order valence-corrected chi connectivity index (χ4v) is 6.67. The number of pyridine rings is 1. The maximum atomic E-state index is 13.6. The second-order valence-electron chi connectivity index (χ2n) is 12.4. The van der Waals surface area contributed by atoms with Gasteiger partial charge in [-0.2, -0.15) is 0 Å². The van der Waals surface area contributed by atoms with Gasteiger partial charge < -0.3 is 19.9 Å². The predicted octanol–water partition coefficient (Wildman–Crippen LogP) is 7.06. The summed E-state index contributed by atoms with van der Waals surface area (Å²) in [6.07, 6.45) is 11.8. The molecule has 1 aromatic carbocycles. The number of anilines is 1. The number of nitrogens with one attached hydrogen (secondary N) is 2. The molecule has 1 aliphatic rings. The second kappa shape index (κ2) is 13.1. The number of imidazole rings is 1. The van der Waals surface area contributed by atoms with E-state index in [0.717, 1.165) is 63.1 Å². The van der Waals surface area contributed by atoms with Crippen molar-refractivity contribution in [3.8, 4) is 5.69 Å². The molecule has 2 N–H and O–H groups in total. The fourth-order valence-electron chi connectivity index (χ4n) is 5.24. The molecule has 5 rings (SSSR count). The summed E-state index contributed by atoms with van der Waals surface area (Å²) in [5.41, 5.74) is 4.37. The highest BCUT2D eigenvalue weighted by molar-refractivity contribution is 14.1. The number of hydrogen-bond acceptors (Lipinski definition) is 5. The summed E-state index contributed by atoms with van der Waals surface area (Å²) in [6.45, 7) is 11.1. The van der Waals surface area contributed by atoms with E-state index in [2.05, 4.69) is 75.4 Å². The predicted molar refractivity (Wildman–Crippen MR) is 176 cm³/mol. The van der Waals surface area contributed by atoms with Gasteiger partial charge in [0.25, 0.3) is 5.91 Å². The van der Waals surface area contributed by atoms with Crippen LogP contribution in [0.1, 0.15) is 48.5 Å². The number of nitrogens with zero attached hydrogens (tertiary/aromatic N) is 4. The third-order valence-corrected chi connectivity index (χ3v) is 10.5. The van der Waals surface area contributed by atoms with E-state index in [4.69, 9.17) is 9.72 Å². The molecule has 3 heterocycles. The molecule has 10 heteroatoms. The van der Waals surface area contributed by atoms with E-state index in [1.807, 2.05) is 35.0 Å². The van der Waals surface area contributed by atoms with Crippen molar-refractivity contribution in [2.75, 3.05) is 11.9 Å². The standard InChI is InChI=1S/C31H41IN6O2Si/c1-22-5-9-24(10-6-22)36-29-26-17-28(32)38(21-40-15-16-41(2,3)4)30(26)34-19-27(29)31(39)35-18-23-7-11-25(12-8-23)37-14-13-33-20-37/h7-8,11-14,17,19-20,22,24H,5-6,9-10,15-16,18,21H2,1-4H3,(H,34,36)(H,35,39). The number of halogens is 1. The number of carbonyl (C=O) groups excluding carboxylic acids is 1. The molecule has 1 fully saturated rings. The van der Waals surface area contributed by atoms with Gasteiger partial charge in [-0.3, -0.25) is 9.36 Å². The Morgan fingerprint density at radius 2 is 1.90 bits per heavy atom. The summed E-state index contributed by atoms with van der Waals surface area (Å²) in [6, 6.07) is 11.7. The molecule has 1 aliphatic carbocycles. The molecule has 1 amide bonds. The number of aromatic nitrogens is 4. The molecule has 0 spiro atoms. The highest BCUT2D eigenvalue weighted by Crippen LogP contribution is 2.33. The Hall–Kier alpha value is -2.70. The number of fused-ring (bicyclic) bond motifs is 1. The number of carbonyl (C=O) groups is 1. The van der Waals surface area contributed by atoms with Crippen LogP contribution in [0.2, 0.25) is 25.7 Å². The van der Waals surface area contributed by atoms with Crippen molar-refractivity contribution in [2.45, 2.75) is 77.6 Å². The highest BCUT2D eigenvalue weighted by atomic mass is 127. The van der Waals surface area contributed by atoms with E-state index in [0.29, 0.717) is 24.9 Å². The molecule has 4 aromatic rings. The van der Waals surface area contributed by atoms with Crippen molar-refractivity contribution in [2.24, 2.45) is 5.92 Å². The number of hydrogen-bond donors (Lipinski definition) is 2. The minimum atomic E-state index is -1.16. The molecule has 8 nitrogen and oxygen atoms in total. The average molecular weight is 685 g/mol. The molecular formula is C31H41IN6O2Si. The summed E-state index contributed by atoms with van der Waals surface area (Å²) in [5, 5.41) is 7.88. The zero-order chi connectivity index (χ0) is 29.0. The smallest absolute Gasteiger partial charge is 0.255 e. The van der Waals surface area contributed by atoms with Gasteiger partial charge in [-0.1, -0.05) is 38.7 Å². The summed E-state index contributed by atoms with van der Waals surface area (Å²) < 4.78 is 11.2. The second-order valence-corrected chi connectivity index (χ2v) is 19.2. The largest absolute Gasteiger partial charge is 0.381 e. The Balaban J connectivity index is 1.36. The Morgan fingerprint density at radius 1 is 1.15 bits per heavy atom. The molecule has 0 radical (unpaired) electrons. The van der Waals surface area contributed by atoms with Gasteiger partial charge in [0, 0.05) is 56.9 Å². The lowest BCUT2D eigenvalue weighted by Gasteiger charge is -2.28. The van der Waals surface area contributed by atoms with Gasteiger partial charge in [-0.15, -0.1) is 0 Å². The highest BCUT2D eigenvalue weighted by Gasteiger charge is 2.24. The third-order valence-electron chi connectivity index (χ3n) is 7.89. The molecule has 0 saturated heterocycles. The van der Waals surface area contributed by atoms with Crippen molar-refractivity contribution >= 4 is 53.3 Å². The minimum Gasteiger partial charge on any atom is -0.381 e. The van der Waals surface area contributed by atoms with Crippen LogP contribution in [0, 0.1) is 9.62 Å². The van der Waals surface area contributed by atoms with E-state index in [-0.39, 0.29) is 5.91 Å². The van der Waals surface area contributed by atoms with E-state index in [9.17, 15) is 4.79 Å². The van der Waals surface area contributed by atoms with E-state index in [1.54, 1.807) is 18.7 Å². The van der Waals surface area contributed by atoms with Crippen LogP contribution in [0.25, 0.3) is 16.7 Å². The molecule has 3 aromatic heterocycles. The van der Waals surface area contributed by atoms with Crippen molar-refractivity contribution in [1.82, 2.24) is 24.4 Å². The van der Waals surface area contributed by atoms with Crippen LogP contribution in [-0.4, -0.2) is 45.7 Å². The summed E-state index contributed by atoms with van der Waals surface area (Å²) in [5.74, 6) is 0.627. The quantitative estimate of drug-likeness (QED) is 0.100. The molecular weight excluding hydrogens is 643 g/mol. The van der Waals surface area contributed by atoms with Crippen LogP contribution in [0.3, 0.4) is 0 Å². The van der Waals surface area contributed by atoms with Crippen LogP contribution in [-0.2, 0) is 18.0 Å². The number of rotatable bonds is 11. The molecule has 0 atom stereocenters. The first-order chi connectivity index (χ1) is 19.7. The lowest BCUT2D eigenvalue weighted by atomic mass is 9.87. The van der Waals surface area contributed by atoms with Gasteiger partial charge in [0.15, 0.2) is 0 Å². The summed E-state index contributed by atoms with van der Waals surface area (Å²) in [4.78, 5) is 22.5. The number of ether oxygens (including phenoxy) is 1. The first-order valence-corrected chi connectivity index (χ1v) is 19.3. The van der Waals surface area contributed by atoms with Crippen molar-refractivity contribution in [3.63, 3.8) is 0 Å². The van der Waals surface area contributed by atoms with Crippen molar-refractivity contribution in [3.05, 3.63) is 70.1 Å². The molecule has 41 heavy (non-hydrogen) atoms.